The number of rotatable bonds is 1. The van der Waals surface area contributed by atoms with Crippen molar-refractivity contribution in [1.29, 1.82) is 0 Å². The van der Waals surface area contributed by atoms with Crippen molar-refractivity contribution in [3.63, 3.8) is 0 Å². The van der Waals surface area contributed by atoms with Crippen LogP contribution in [0.1, 0.15) is 11.7 Å². The highest BCUT2D eigenvalue weighted by molar-refractivity contribution is 9.10. The molecule has 0 saturated carbocycles. The van der Waals surface area contributed by atoms with E-state index in [2.05, 4.69) is 21.2 Å². The zero-order valence-corrected chi connectivity index (χ0v) is 9.38. The average molecular weight is 274 g/mol. The first-order valence-electron chi connectivity index (χ1n) is 4.50. The van der Waals surface area contributed by atoms with Gasteiger partial charge < -0.3 is 10.1 Å². The van der Waals surface area contributed by atoms with Crippen LogP contribution in [0.5, 0.6) is 0 Å². The Labute approximate surface area is 94.7 Å². The Morgan fingerprint density at radius 2 is 2.33 bits per heavy atom. The summed E-state index contributed by atoms with van der Waals surface area (Å²) in [5, 5.41) is 2.69. The van der Waals surface area contributed by atoms with Gasteiger partial charge in [-0.3, -0.25) is 4.79 Å². The molecule has 0 aliphatic carbocycles. The van der Waals surface area contributed by atoms with Crippen LogP contribution in [0.15, 0.2) is 22.7 Å². The highest BCUT2D eigenvalue weighted by atomic mass is 79.9. The number of carbonyl (C=O) groups excluding carboxylic acids is 1. The van der Waals surface area contributed by atoms with Crippen LogP contribution < -0.4 is 5.32 Å². The maximum atomic E-state index is 12.8. The van der Waals surface area contributed by atoms with Gasteiger partial charge in [0.15, 0.2) is 0 Å². The largest absolute Gasteiger partial charge is 0.362 e. The van der Waals surface area contributed by atoms with Crippen LogP contribution >= 0.6 is 15.9 Å². The Balaban J connectivity index is 2.19. The summed E-state index contributed by atoms with van der Waals surface area (Å²) in [6.45, 7) is 0.470. The second kappa shape index (κ2) is 4.28. The van der Waals surface area contributed by atoms with Gasteiger partial charge in [0.2, 0.25) is 5.91 Å². The van der Waals surface area contributed by atoms with Gasteiger partial charge in [0.05, 0.1) is 0 Å². The molecule has 1 aliphatic rings. The van der Waals surface area contributed by atoms with Crippen molar-refractivity contribution in [2.75, 3.05) is 13.2 Å². The van der Waals surface area contributed by atoms with E-state index in [0.717, 1.165) is 5.56 Å². The number of nitrogens with one attached hydrogen (secondary N) is 1. The van der Waals surface area contributed by atoms with E-state index in [1.165, 1.54) is 12.1 Å². The van der Waals surface area contributed by atoms with E-state index in [1.807, 2.05) is 0 Å². The number of amides is 1. The average Bonchev–Trinajstić information content (AvgIpc) is 2.20. The van der Waals surface area contributed by atoms with E-state index < -0.39 is 0 Å². The van der Waals surface area contributed by atoms with E-state index in [9.17, 15) is 9.18 Å². The van der Waals surface area contributed by atoms with Crippen molar-refractivity contribution in [1.82, 2.24) is 5.32 Å². The fraction of sp³-hybridized carbons (Fsp3) is 0.300. The van der Waals surface area contributed by atoms with Gasteiger partial charge in [-0.15, -0.1) is 0 Å². The summed E-state index contributed by atoms with van der Waals surface area (Å²) >= 11 is 3.27. The lowest BCUT2D eigenvalue weighted by atomic mass is 10.1. The molecule has 2 rings (SSSR count). The molecule has 0 aromatic heterocycles. The van der Waals surface area contributed by atoms with E-state index in [0.29, 0.717) is 11.0 Å². The van der Waals surface area contributed by atoms with Crippen LogP contribution in [0.3, 0.4) is 0 Å². The molecule has 1 atom stereocenters. The molecule has 1 heterocycles. The van der Waals surface area contributed by atoms with Crippen molar-refractivity contribution >= 4 is 21.8 Å². The van der Waals surface area contributed by atoms with Gasteiger partial charge in [-0.25, -0.2) is 4.39 Å². The third-order valence-electron chi connectivity index (χ3n) is 2.21. The molecular weight excluding hydrogens is 265 g/mol. The highest BCUT2D eigenvalue weighted by Crippen LogP contribution is 2.27. The van der Waals surface area contributed by atoms with Crippen LogP contribution in [0, 0.1) is 5.82 Å². The van der Waals surface area contributed by atoms with Gasteiger partial charge in [0, 0.05) is 11.0 Å². The second-order valence-electron chi connectivity index (χ2n) is 3.27. The van der Waals surface area contributed by atoms with Crippen LogP contribution in [0.4, 0.5) is 4.39 Å². The molecule has 5 heteroatoms. The molecule has 1 amide bonds. The number of hydrogen-bond donors (Lipinski definition) is 1. The monoisotopic (exact) mass is 273 g/mol. The number of halogens is 2. The van der Waals surface area contributed by atoms with Crippen molar-refractivity contribution < 1.29 is 13.9 Å². The lowest BCUT2D eigenvalue weighted by Gasteiger charge is -2.24. The molecule has 1 aromatic carbocycles. The number of morpholine rings is 1. The molecule has 1 aromatic rings. The lowest BCUT2D eigenvalue weighted by Crippen LogP contribution is -2.38. The van der Waals surface area contributed by atoms with Crippen LogP contribution in [-0.2, 0) is 9.53 Å². The Kier molecular flexibility index (Phi) is 3.02. The number of ether oxygens (including phenoxy) is 1. The molecule has 0 spiro atoms. The Bertz CT molecular complexity index is 387. The normalized spacial score (nSPS) is 21.2. The summed E-state index contributed by atoms with van der Waals surface area (Å²) in [4.78, 5) is 10.9. The summed E-state index contributed by atoms with van der Waals surface area (Å²) in [5.74, 6) is -0.421. The SMILES string of the molecule is O=C1CO[C@@H](c2ccc(F)cc2Br)CN1. The van der Waals surface area contributed by atoms with Gasteiger partial charge in [0.1, 0.15) is 18.5 Å². The summed E-state index contributed by atoms with van der Waals surface area (Å²) in [6.07, 6.45) is -0.210. The first-order valence-corrected chi connectivity index (χ1v) is 5.29. The third kappa shape index (κ3) is 2.35. The molecule has 0 unspecified atom stereocenters. The number of carbonyl (C=O) groups is 1. The summed E-state index contributed by atoms with van der Waals surface area (Å²) < 4.78 is 18.8. The predicted octanol–water partition coefficient (Wildman–Crippen LogP) is 1.78. The van der Waals surface area contributed by atoms with Gasteiger partial charge in [0.25, 0.3) is 0 Å². The van der Waals surface area contributed by atoms with Crippen molar-refractivity contribution in [3.8, 4) is 0 Å². The van der Waals surface area contributed by atoms with Crippen molar-refractivity contribution in [2.24, 2.45) is 0 Å². The second-order valence-corrected chi connectivity index (χ2v) is 4.12. The van der Waals surface area contributed by atoms with Gasteiger partial charge >= 0.3 is 0 Å². The number of benzene rings is 1. The number of hydrogen-bond acceptors (Lipinski definition) is 2. The fourth-order valence-corrected chi connectivity index (χ4v) is 2.06. The minimum absolute atomic E-state index is 0.0501. The molecule has 1 fully saturated rings. The van der Waals surface area contributed by atoms with Gasteiger partial charge in [-0.05, 0) is 17.7 Å². The molecule has 15 heavy (non-hydrogen) atoms. The molecule has 1 saturated heterocycles. The Morgan fingerprint density at radius 3 is 2.93 bits per heavy atom. The zero-order chi connectivity index (χ0) is 10.8. The van der Waals surface area contributed by atoms with Crippen LogP contribution in [-0.4, -0.2) is 19.1 Å². The first-order chi connectivity index (χ1) is 7.16. The predicted molar refractivity (Wildman–Crippen MR) is 55.8 cm³/mol. The Hall–Kier alpha value is -0.940. The van der Waals surface area contributed by atoms with Gasteiger partial charge in [-0.1, -0.05) is 22.0 Å². The molecule has 0 bridgehead atoms. The van der Waals surface area contributed by atoms with Crippen molar-refractivity contribution in [2.45, 2.75) is 6.10 Å². The Morgan fingerprint density at radius 1 is 1.53 bits per heavy atom. The molecular formula is C10H9BrFNO2. The van der Waals surface area contributed by atoms with E-state index in [4.69, 9.17) is 4.74 Å². The molecule has 1 N–H and O–H groups in total. The summed E-state index contributed by atoms with van der Waals surface area (Å²) in [6, 6.07) is 4.41. The van der Waals surface area contributed by atoms with Crippen molar-refractivity contribution in [3.05, 3.63) is 34.1 Å². The fourth-order valence-electron chi connectivity index (χ4n) is 1.46. The highest BCUT2D eigenvalue weighted by Gasteiger charge is 2.21. The molecule has 1 aliphatic heterocycles. The maximum absolute atomic E-state index is 12.8. The third-order valence-corrected chi connectivity index (χ3v) is 2.90. The van der Waals surface area contributed by atoms with Crippen LogP contribution in [0.25, 0.3) is 0 Å². The lowest BCUT2D eigenvalue weighted by molar-refractivity contribution is -0.133. The smallest absolute Gasteiger partial charge is 0.246 e. The van der Waals surface area contributed by atoms with E-state index >= 15 is 0 Å². The maximum Gasteiger partial charge on any atom is 0.246 e. The quantitative estimate of drug-likeness (QED) is 0.847. The minimum atomic E-state index is -0.300. The standard InChI is InChI=1S/C10H9BrFNO2/c11-8-3-6(12)1-2-7(8)9-4-13-10(14)5-15-9/h1-3,9H,4-5H2,(H,13,14)/t9-/m1/s1. The van der Waals surface area contributed by atoms with Gasteiger partial charge in [-0.2, -0.15) is 0 Å². The molecule has 80 valence electrons. The van der Waals surface area contributed by atoms with Crippen LogP contribution in [0.2, 0.25) is 0 Å². The summed E-state index contributed by atoms with van der Waals surface area (Å²) in [7, 11) is 0. The zero-order valence-electron chi connectivity index (χ0n) is 7.80. The first kappa shape index (κ1) is 10.6. The topological polar surface area (TPSA) is 38.3 Å². The minimum Gasteiger partial charge on any atom is -0.362 e. The van der Waals surface area contributed by atoms with E-state index in [1.54, 1.807) is 6.07 Å². The van der Waals surface area contributed by atoms with E-state index in [-0.39, 0.29) is 24.4 Å². The summed E-state index contributed by atoms with van der Waals surface area (Å²) in [5.41, 5.74) is 0.844. The molecule has 0 radical (unpaired) electrons. The molecule has 3 nitrogen and oxygen atoms in total.